The van der Waals surface area contributed by atoms with Crippen LogP contribution in [0, 0.1) is 13.8 Å². The summed E-state index contributed by atoms with van der Waals surface area (Å²) in [6.07, 6.45) is 1.59. The molecule has 7 heteroatoms. The second-order valence-corrected chi connectivity index (χ2v) is 8.10. The molecule has 0 aliphatic heterocycles. The van der Waals surface area contributed by atoms with E-state index in [9.17, 15) is 4.79 Å². The van der Waals surface area contributed by atoms with Crippen LogP contribution < -0.4 is 9.64 Å². The zero-order valence-electron chi connectivity index (χ0n) is 16.0. The Morgan fingerprint density at radius 3 is 2.69 bits per heavy atom. The third kappa shape index (κ3) is 4.28. The van der Waals surface area contributed by atoms with E-state index in [1.807, 2.05) is 19.1 Å². The second-order valence-electron chi connectivity index (χ2n) is 6.65. The maximum Gasteiger partial charge on any atom is 0.267 e. The number of hydrogen-bond donors (Lipinski definition) is 0. The fourth-order valence-corrected chi connectivity index (χ4v) is 4.07. The van der Waals surface area contributed by atoms with Crippen LogP contribution in [0.5, 0.6) is 5.75 Å². The second kappa shape index (κ2) is 8.27. The Labute approximate surface area is 177 Å². The SMILES string of the molecule is Cc1ccc2sc(N(Cc3ccco3)C(=O)COc3ccc(Cl)cc3)nc2c1C. The van der Waals surface area contributed by atoms with E-state index in [1.54, 1.807) is 41.5 Å². The number of furan rings is 1. The number of aromatic nitrogens is 1. The van der Waals surface area contributed by atoms with Gasteiger partial charge in [-0.2, -0.15) is 0 Å². The molecule has 0 bridgehead atoms. The number of amides is 1. The minimum Gasteiger partial charge on any atom is -0.484 e. The largest absolute Gasteiger partial charge is 0.484 e. The van der Waals surface area contributed by atoms with Crippen LogP contribution in [0.3, 0.4) is 0 Å². The molecule has 0 N–H and O–H groups in total. The highest BCUT2D eigenvalue weighted by molar-refractivity contribution is 7.22. The first-order chi connectivity index (χ1) is 14.0. The molecule has 0 fully saturated rings. The lowest BCUT2D eigenvalue weighted by molar-refractivity contribution is -0.120. The molecule has 0 saturated heterocycles. The summed E-state index contributed by atoms with van der Waals surface area (Å²) in [6.45, 7) is 4.27. The van der Waals surface area contributed by atoms with E-state index in [0.717, 1.165) is 15.8 Å². The monoisotopic (exact) mass is 426 g/mol. The van der Waals surface area contributed by atoms with Gasteiger partial charge in [-0.15, -0.1) is 0 Å². The van der Waals surface area contributed by atoms with Gasteiger partial charge in [0.25, 0.3) is 5.91 Å². The lowest BCUT2D eigenvalue weighted by Crippen LogP contribution is -2.34. The van der Waals surface area contributed by atoms with Gasteiger partial charge in [0.1, 0.15) is 11.5 Å². The molecule has 0 radical (unpaired) electrons. The first-order valence-corrected chi connectivity index (χ1v) is 10.3. The van der Waals surface area contributed by atoms with Crippen LogP contribution in [0.4, 0.5) is 5.13 Å². The van der Waals surface area contributed by atoms with Gasteiger partial charge in [0.15, 0.2) is 11.7 Å². The highest BCUT2D eigenvalue weighted by Gasteiger charge is 2.22. The van der Waals surface area contributed by atoms with Gasteiger partial charge < -0.3 is 9.15 Å². The highest BCUT2D eigenvalue weighted by Crippen LogP contribution is 2.33. The molecule has 5 nitrogen and oxygen atoms in total. The van der Waals surface area contributed by atoms with Crippen molar-refractivity contribution >= 4 is 44.2 Å². The predicted octanol–water partition coefficient (Wildman–Crippen LogP) is 5.77. The molecule has 2 heterocycles. The number of benzene rings is 2. The molecule has 0 spiro atoms. The number of hydrogen-bond acceptors (Lipinski definition) is 5. The van der Waals surface area contributed by atoms with Crippen molar-refractivity contribution in [1.82, 2.24) is 4.98 Å². The number of rotatable bonds is 6. The highest BCUT2D eigenvalue weighted by atomic mass is 35.5. The van der Waals surface area contributed by atoms with E-state index < -0.39 is 0 Å². The van der Waals surface area contributed by atoms with Crippen LogP contribution in [0.1, 0.15) is 16.9 Å². The van der Waals surface area contributed by atoms with Crippen molar-refractivity contribution in [3.05, 3.63) is 76.7 Å². The van der Waals surface area contributed by atoms with Crippen LogP contribution in [-0.4, -0.2) is 17.5 Å². The Morgan fingerprint density at radius 1 is 1.17 bits per heavy atom. The van der Waals surface area contributed by atoms with E-state index >= 15 is 0 Å². The fraction of sp³-hybridized carbons (Fsp3) is 0.182. The first kappa shape index (κ1) is 19.5. The van der Waals surface area contributed by atoms with E-state index in [4.69, 9.17) is 25.7 Å². The van der Waals surface area contributed by atoms with Crippen molar-refractivity contribution in [3.63, 3.8) is 0 Å². The van der Waals surface area contributed by atoms with E-state index in [-0.39, 0.29) is 19.1 Å². The number of ether oxygens (including phenoxy) is 1. The standard InChI is InChI=1S/C22H19ClN2O3S/c1-14-5-10-19-21(15(14)2)24-22(29-19)25(12-18-4-3-11-27-18)20(26)13-28-17-8-6-16(23)7-9-17/h3-11H,12-13H2,1-2H3. The molecule has 4 rings (SSSR count). The Hall–Kier alpha value is -2.83. The summed E-state index contributed by atoms with van der Waals surface area (Å²) in [5.41, 5.74) is 3.21. The quantitative estimate of drug-likeness (QED) is 0.392. The minimum absolute atomic E-state index is 0.115. The number of anilines is 1. The van der Waals surface area contributed by atoms with Gasteiger partial charge in [0.2, 0.25) is 0 Å². The van der Waals surface area contributed by atoms with Crippen LogP contribution in [0.15, 0.2) is 59.2 Å². The summed E-state index contributed by atoms with van der Waals surface area (Å²) in [5.74, 6) is 1.05. The van der Waals surface area contributed by atoms with Crippen molar-refractivity contribution in [2.75, 3.05) is 11.5 Å². The average Bonchev–Trinajstić information content (AvgIpc) is 3.38. The molecule has 1 amide bonds. The Balaban J connectivity index is 1.61. The molecule has 0 unspecified atom stereocenters. The molecule has 0 aliphatic rings. The summed E-state index contributed by atoms with van der Waals surface area (Å²) in [4.78, 5) is 19.4. The van der Waals surface area contributed by atoms with E-state index in [2.05, 4.69) is 13.0 Å². The van der Waals surface area contributed by atoms with Crippen LogP contribution in [0.25, 0.3) is 10.2 Å². The predicted molar refractivity (Wildman–Crippen MR) is 116 cm³/mol. The lowest BCUT2D eigenvalue weighted by atomic mass is 10.1. The molecule has 4 aromatic rings. The number of aryl methyl sites for hydroxylation is 2. The molecule has 0 saturated carbocycles. The van der Waals surface area contributed by atoms with Gasteiger partial charge in [0.05, 0.1) is 23.0 Å². The normalized spacial score (nSPS) is 11.0. The van der Waals surface area contributed by atoms with Crippen LogP contribution in [0.2, 0.25) is 5.02 Å². The number of halogens is 1. The van der Waals surface area contributed by atoms with Crippen molar-refractivity contribution in [2.45, 2.75) is 20.4 Å². The Bertz CT molecular complexity index is 1140. The molecule has 0 aliphatic carbocycles. The zero-order valence-corrected chi connectivity index (χ0v) is 17.6. The van der Waals surface area contributed by atoms with Crippen molar-refractivity contribution in [2.24, 2.45) is 0 Å². The maximum atomic E-state index is 13.0. The van der Waals surface area contributed by atoms with Crippen LogP contribution in [-0.2, 0) is 11.3 Å². The van der Waals surface area contributed by atoms with Crippen molar-refractivity contribution in [1.29, 1.82) is 0 Å². The number of carbonyl (C=O) groups excluding carboxylic acids is 1. The number of thiazole rings is 1. The smallest absolute Gasteiger partial charge is 0.267 e. The summed E-state index contributed by atoms with van der Waals surface area (Å²) < 4.78 is 12.2. The molecule has 29 heavy (non-hydrogen) atoms. The summed E-state index contributed by atoms with van der Waals surface area (Å²) in [7, 11) is 0. The molecule has 0 atom stereocenters. The fourth-order valence-electron chi connectivity index (χ4n) is 2.90. The zero-order chi connectivity index (χ0) is 20.4. The van der Waals surface area contributed by atoms with E-state index in [0.29, 0.717) is 21.7 Å². The Morgan fingerprint density at radius 2 is 1.97 bits per heavy atom. The molecule has 2 aromatic carbocycles. The summed E-state index contributed by atoms with van der Waals surface area (Å²) >= 11 is 7.38. The van der Waals surface area contributed by atoms with Gasteiger partial charge in [0, 0.05) is 5.02 Å². The number of nitrogens with zero attached hydrogens (tertiary/aromatic N) is 2. The first-order valence-electron chi connectivity index (χ1n) is 9.09. The lowest BCUT2D eigenvalue weighted by Gasteiger charge is -2.19. The van der Waals surface area contributed by atoms with Gasteiger partial charge in [-0.1, -0.05) is 29.0 Å². The third-order valence-electron chi connectivity index (χ3n) is 4.68. The van der Waals surface area contributed by atoms with E-state index in [1.165, 1.54) is 16.9 Å². The number of fused-ring (bicyclic) bond motifs is 1. The maximum absolute atomic E-state index is 13.0. The van der Waals surface area contributed by atoms with Gasteiger partial charge in [-0.05, 0) is 67.4 Å². The summed E-state index contributed by atoms with van der Waals surface area (Å²) in [6, 6.07) is 14.7. The molecule has 148 valence electrons. The van der Waals surface area contributed by atoms with Gasteiger partial charge in [-0.3, -0.25) is 9.69 Å². The number of carbonyl (C=O) groups is 1. The van der Waals surface area contributed by atoms with Gasteiger partial charge in [-0.25, -0.2) is 4.98 Å². The summed E-state index contributed by atoms with van der Waals surface area (Å²) in [5, 5.41) is 1.23. The average molecular weight is 427 g/mol. The minimum atomic E-state index is -0.204. The Kier molecular flexibility index (Phi) is 5.56. The van der Waals surface area contributed by atoms with Crippen molar-refractivity contribution < 1.29 is 13.9 Å². The molecular weight excluding hydrogens is 408 g/mol. The van der Waals surface area contributed by atoms with Crippen LogP contribution >= 0.6 is 22.9 Å². The van der Waals surface area contributed by atoms with Gasteiger partial charge >= 0.3 is 0 Å². The topological polar surface area (TPSA) is 55.6 Å². The third-order valence-corrected chi connectivity index (χ3v) is 5.97. The molecular formula is C22H19ClN2O3S. The molecule has 2 aromatic heterocycles. The van der Waals surface area contributed by atoms with Crippen molar-refractivity contribution in [3.8, 4) is 5.75 Å².